The quantitative estimate of drug-likeness (QED) is 0.364. The van der Waals surface area contributed by atoms with Crippen LogP contribution in [0.3, 0.4) is 0 Å². The van der Waals surface area contributed by atoms with E-state index >= 15 is 0 Å². The van der Waals surface area contributed by atoms with E-state index in [1.807, 2.05) is 0 Å². The van der Waals surface area contributed by atoms with E-state index in [0.29, 0.717) is 30.5 Å². The maximum atomic E-state index is 11.3. The van der Waals surface area contributed by atoms with E-state index in [9.17, 15) is 4.79 Å². The van der Waals surface area contributed by atoms with Crippen LogP contribution >= 0.6 is 0 Å². The Hall–Kier alpha value is -1.63. The van der Waals surface area contributed by atoms with Gasteiger partial charge in [-0.2, -0.15) is 0 Å². The second-order valence-electron chi connectivity index (χ2n) is 4.70. The summed E-state index contributed by atoms with van der Waals surface area (Å²) < 4.78 is 5.62. The lowest BCUT2D eigenvalue weighted by molar-refractivity contribution is 0.0953. The van der Waals surface area contributed by atoms with Gasteiger partial charge >= 0.3 is 0 Å². The smallest absolute Gasteiger partial charge is 0.265 e. The van der Waals surface area contributed by atoms with Crippen LogP contribution in [0.15, 0.2) is 24.3 Å². The summed E-state index contributed by atoms with van der Waals surface area (Å²) in [7, 11) is 0. The summed E-state index contributed by atoms with van der Waals surface area (Å²) in [6, 6.07) is 7.14. The van der Waals surface area contributed by atoms with Gasteiger partial charge in [0.15, 0.2) is 0 Å². The second-order valence-corrected chi connectivity index (χ2v) is 4.70. The fourth-order valence-corrected chi connectivity index (χ4v) is 1.82. The number of nitrogens with one attached hydrogen (secondary N) is 1. The number of nitrogen functional groups attached to an aromatic ring is 1. The zero-order valence-electron chi connectivity index (χ0n) is 12.0. The van der Waals surface area contributed by atoms with Crippen molar-refractivity contribution in [2.45, 2.75) is 19.9 Å². The number of carbonyl (C=O) groups excluding carboxylic acids is 1. The van der Waals surface area contributed by atoms with Gasteiger partial charge in [0.25, 0.3) is 5.91 Å². The number of nitrogens with zero attached hydrogens (tertiary/aromatic N) is 1. The first kappa shape index (κ1) is 16.4. The molecule has 20 heavy (non-hydrogen) atoms. The van der Waals surface area contributed by atoms with Gasteiger partial charge in [-0.05, 0) is 38.1 Å². The molecule has 0 saturated heterocycles. The number of hydrogen-bond donors (Lipinski definition) is 3. The molecule has 0 spiro atoms. The fraction of sp³-hybridized carbons (Fsp3) is 0.500. The van der Waals surface area contributed by atoms with Gasteiger partial charge in [0.2, 0.25) is 0 Å². The highest BCUT2D eigenvalue weighted by Crippen LogP contribution is 2.12. The zero-order valence-corrected chi connectivity index (χ0v) is 12.0. The van der Waals surface area contributed by atoms with E-state index in [1.54, 1.807) is 24.3 Å². The van der Waals surface area contributed by atoms with Gasteiger partial charge in [0.05, 0.1) is 6.61 Å². The fourth-order valence-electron chi connectivity index (χ4n) is 1.82. The van der Waals surface area contributed by atoms with Crippen molar-refractivity contribution in [3.8, 4) is 5.75 Å². The number of hydrogen-bond acceptors (Lipinski definition) is 5. The molecule has 0 bridgehead atoms. The number of aliphatic hydroxyl groups is 1. The Labute approximate surface area is 119 Å². The molecule has 1 amide bonds. The second kappa shape index (κ2) is 8.52. The van der Waals surface area contributed by atoms with Crippen LogP contribution in [0.2, 0.25) is 0 Å². The van der Waals surface area contributed by atoms with Crippen LogP contribution in [0.25, 0.3) is 0 Å². The number of ether oxygens (including phenoxy) is 1. The summed E-state index contributed by atoms with van der Waals surface area (Å²) >= 11 is 0. The molecule has 4 N–H and O–H groups in total. The third kappa shape index (κ3) is 5.16. The normalized spacial score (nSPS) is 10.9. The van der Waals surface area contributed by atoms with Gasteiger partial charge in [-0.3, -0.25) is 15.1 Å². The summed E-state index contributed by atoms with van der Waals surface area (Å²) in [5.41, 5.74) is 2.56. The van der Waals surface area contributed by atoms with E-state index in [4.69, 9.17) is 15.7 Å². The summed E-state index contributed by atoms with van der Waals surface area (Å²) in [4.78, 5) is 13.4. The molecular formula is C14H23N3O3. The molecule has 0 atom stereocenters. The van der Waals surface area contributed by atoms with E-state index in [2.05, 4.69) is 24.2 Å². The average Bonchev–Trinajstić information content (AvgIpc) is 2.46. The Morgan fingerprint density at radius 3 is 2.50 bits per heavy atom. The number of rotatable bonds is 8. The first-order valence-corrected chi connectivity index (χ1v) is 6.67. The van der Waals surface area contributed by atoms with Crippen molar-refractivity contribution in [2.24, 2.45) is 5.84 Å². The van der Waals surface area contributed by atoms with Gasteiger partial charge in [0.1, 0.15) is 12.4 Å². The number of amides is 1. The molecule has 0 unspecified atom stereocenters. The van der Waals surface area contributed by atoms with Gasteiger partial charge in [-0.1, -0.05) is 0 Å². The Kier molecular flexibility index (Phi) is 7.00. The van der Waals surface area contributed by atoms with Crippen molar-refractivity contribution in [2.75, 3.05) is 26.3 Å². The van der Waals surface area contributed by atoms with Crippen molar-refractivity contribution in [1.29, 1.82) is 0 Å². The van der Waals surface area contributed by atoms with E-state index in [-0.39, 0.29) is 12.5 Å². The molecule has 0 aromatic heterocycles. The van der Waals surface area contributed by atoms with Crippen LogP contribution < -0.4 is 16.0 Å². The number of nitrogens with two attached hydrogens (primary N) is 1. The standard InChI is InChI=1S/C14H23N3O3/c1-11(2)17(7-9-18)8-10-20-13-5-3-12(4-6-13)14(19)16-15/h3-6,11,18H,7-10,15H2,1-2H3,(H,16,19). The molecular weight excluding hydrogens is 258 g/mol. The van der Waals surface area contributed by atoms with Crippen molar-refractivity contribution in [3.05, 3.63) is 29.8 Å². The van der Waals surface area contributed by atoms with Crippen LogP contribution in [0, 0.1) is 0 Å². The van der Waals surface area contributed by atoms with E-state index in [0.717, 1.165) is 6.54 Å². The van der Waals surface area contributed by atoms with Gasteiger partial charge in [0, 0.05) is 24.7 Å². The van der Waals surface area contributed by atoms with Crippen LogP contribution in [-0.4, -0.2) is 48.3 Å². The largest absolute Gasteiger partial charge is 0.492 e. The molecule has 1 rings (SSSR count). The molecule has 0 fully saturated rings. The number of benzene rings is 1. The molecule has 0 heterocycles. The van der Waals surface area contributed by atoms with E-state index < -0.39 is 0 Å². The highest BCUT2D eigenvalue weighted by atomic mass is 16.5. The van der Waals surface area contributed by atoms with Crippen LogP contribution in [-0.2, 0) is 0 Å². The lowest BCUT2D eigenvalue weighted by Crippen LogP contribution is -2.36. The highest BCUT2D eigenvalue weighted by Gasteiger charge is 2.08. The van der Waals surface area contributed by atoms with Gasteiger partial charge in [-0.15, -0.1) is 0 Å². The molecule has 0 aliphatic rings. The summed E-state index contributed by atoms with van der Waals surface area (Å²) in [5.74, 6) is 5.43. The first-order chi connectivity index (χ1) is 9.58. The molecule has 0 radical (unpaired) electrons. The average molecular weight is 281 g/mol. The first-order valence-electron chi connectivity index (χ1n) is 6.67. The predicted molar refractivity (Wildman–Crippen MR) is 77.4 cm³/mol. The molecule has 6 heteroatoms. The van der Waals surface area contributed by atoms with Crippen LogP contribution in [0.5, 0.6) is 5.75 Å². The Morgan fingerprint density at radius 2 is 2.00 bits per heavy atom. The zero-order chi connectivity index (χ0) is 15.0. The van der Waals surface area contributed by atoms with Crippen molar-refractivity contribution in [1.82, 2.24) is 10.3 Å². The minimum Gasteiger partial charge on any atom is -0.492 e. The van der Waals surface area contributed by atoms with Crippen LogP contribution in [0.4, 0.5) is 0 Å². The minimum atomic E-state index is -0.328. The molecule has 6 nitrogen and oxygen atoms in total. The lowest BCUT2D eigenvalue weighted by Gasteiger charge is -2.25. The monoisotopic (exact) mass is 281 g/mol. The molecule has 0 aliphatic heterocycles. The third-order valence-corrected chi connectivity index (χ3v) is 3.01. The summed E-state index contributed by atoms with van der Waals surface area (Å²) in [6.07, 6.45) is 0. The van der Waals surface area contributed by atoms with Gasteiger partial charge in [-0.25, -0.2) is 5.84 Å². The van der Waals surface area contributed by atoms with Crippen molar-refractivity contribution >= 4 is 5.91 Å². The molecule has 112 valence electrons. The maximum absolute atomic E-state index is 11.3. The molecule has 1 aromatic rings. The van der Waals surface area contributed by atoms with Crippen molar-refractivity contribution in [3.63, 3.8) is 0 Å². The maximum Gasteiger partial charge on any atom is 0.265 e. The predicted octanol–water partition coefficient (Wildman–Crippen LogP) is 0.372. The molecule has 1 aromatic carbocycles. The Morgan fingerprint density at radius 1 is 1.35 bits per heavy atom. The Bertz CT molecular complexity index is 407. The number of hydrazine groups is 1. The van der Waals surface area contributed by atoms with Gasteiger partial charge < -0.3 is 9.84 Å². The minimum absolute atomic E-state index is 0.140. The number of carbonyl (C=O) groups is 1. The van der Waals surface area contributed by atoms with Crippen LogP contribution in [0.1, 0.15) is 24.2 Å². The molecule has 0 aliphatic carbocycles. The van der Waals surface area contributed by atoms with E-state index in [1.165, 1.54) is 0 Å². The highest BCUT2D eigenvalue weighted by molar-refractivity contribution is 5.93. The SMILES string of the molecule is CC(C)N(CCO)CCOc1ccc(C(=O)NN)cc1. The summed E-state index contributed by atoms with van der Waals surface area (Å²) in [6.45, 7) is 6.20. The topological polar surface area (TPSA) is 87.8 Å². The Balaban J connectivity index is 2.43. The van der Waals surface area contributed by atoms with Crippen molar-refractivity contribution < 1.29 is 14.6 Å². The lowest BCUT2D eigenvalue weighted by atomic mass is 10.2. The number of aliphatic hydroxyl groups excluding tert-OH is 1. The third-order valence-electron chi connectivity index (χ3n) is 3.01. The summed E-state index contributed by atoms with van der Waals surface area (Å²) in [5, 5.41) is 8.98. The molecule has 0 saturated carbocycles.